The quantitative estimate of drug-likeness (QED) is 0.784. The van der Waals surface area contributed by atoms with Gasteiger partial charge in [-0.05, 0) is 12.1 Å². The van der Waals surface area contributed by atoms with Gasteiger partial charge in [0.15, 0.2) is 0 Å². The molecule has 0 spiro atoms. The molecule has 0 fully saturated rings. The second kappa shape index (κ2) is 3.76. The highest BCUT2D eigenvalue weighted by Crippen LogP contribution is 2.27. The Balaban J connectivity index is 3.13. The van der Waals surface area contributed by atoms with Crippen LogP contribution in [0.25, 0.3) is 0 Å². The first kappa shape index (κ1) is 11.3. The van der Waals surface area contributed by atoms with E-state index < -0.39 is 29.5 Å². The van der Waals surface area contributed by atoms with Crippen molar-refractivity contribution < 1.29 is 32.2 Å². The lowest BCUT2D eigenvalue weighted by Crippen LogP contribution is -2.19. The van der Waals surface area contributed by atoms with Crippen molar-refractivity contribution in [2.24, 2.45) is 0 Å². The maximum atomic E-state index is 12.5. The van der Waals surface area contributed by atoms with Gasteiger partial charge in [-0.25, -0.2) is 9.18 Å². The Morgan fingerprint density at radius 3 is 2.40 bits per heavy atom. The topological polar surface area (TPSA) is 46.5 Å². The van der Waals surface area contributed by atoms with Crippen molar-refractivity contribution in [3.8, 4) is 5.75 Å². The largest absolute Gasteiger partial charge is 0.573 e. The van der Waals surface area contributed by atoms with Gasteiger partial charge in [0, 0.05) is 6.07 Å². The summed E-state index contributed by atoms with van der Waals surface area (Å²) in [7, 11) is 0. The lowest BCUT2D eigenvalue weighted by molar-refractivity contribution is -0.274. The van der Waals surface area contributed by atoms with Gasteiger partial charge in [0.05, 0.1) is 0 Å². The monoisotopic (exact) mass is 224 g/mol. The first-order valence-corrected chi connectivity index (χ1v) is 3.58. The van der Waals surface area contributed by atoms with E-state index in [1.165, 1.54) is 0 Å². The van der Waals surface area contributed by atoms with Gasteiger partial charge in [0.25, 0.3) is 0 Å². The van der Waals surface area contributed by atoms with Gasteiger partial charge >= 0.3 is 12.3 Å². The van der Waals surface area contributed by atoms with Crippen LogP contribution in [0, 0.1) is 5.82 Å². The lowest BCUT2D eigenvalue weighted by Gasteiger charge is -2.10. The molecule has 0 aliphatic carbocycles. The number of alkyl halides is 3. The SMILES string of the molecule is O=C(O)c1ccc(F)cc1OC(F)(F)F. The molecule has 1 rings (SSSR count). The van der Waals surface area contributed by atoms with Gasteiger partial charge in [-0.2, -0.15) is 0 Å². The molecule has 0 atom stereocenters. The number of carboxylic acid groups (broad SMARTS) is 1. The molecule has 0 radical (unpaired) electrons. The van der Waals surface area contributed by atoms with Gasteiger partial charge in [-0.15, -0.1) is 13.2 Å². The third-order valence-electron chi connectivity index (χ3n) is 1.40. The number of hydrogen-bond donors (Lipinski definition) is 1. The predicted octanol–water partition coefficient (Wildman–Crippen LogP) is 2.42. The summed E-state index contributed by atoms with van der Waals surface area (Å²) < 4.78 is 51.2. The fourth-order valence-corrected chi connectivity index (χ4v) is 0.882. The molecule has 0 saturated carbocycles. The molecule has 0 amide bonds. The summed E-state index contributed by atoms with van der Waals surface area (Å²) in [6.07, 6.45) is -5.06. The summed E-state index contributed by atoms with van der Waals surface area (Å²) in [6.45, 7) is 0. The van der Waals surface area contributed by atoms with E-state index in [1.807, 2.05) is 0 Å². The minimum Gasteiger partial charge on any atom is -0.478 e. The second-order valence-corrected chi connectivity index (χ2v) is 2.49. The van der Waals surface area contributed by atoms with Crippen molar-refractivity contribution >= 4 is 5.97 Å². The molecule has 1 aromatic carbocycles. The van der Waals surface area contributed by atoms with Crippen molar-refractivity contribution in [1.29, 1.82) is 0 Å². The van der Waals surface area contributed by atoms with E-state index in [0.29, 0.717) is 12.1 Å². The number of carboxylic acids is 1. The standard InChI is InChI=1S/C8H4F4O3/c9-4-1-2-5(7(13)14)6(3-4)15-8(10,11)12/h1-3H,(H,13,14). The molecule has 15 heavy (non-hydrogen) atoms. The molecule has 3 nitrogen and oxygen atoms in total. The predicted molar refractivity (Wildman–Crippen MR) is 40.0 cm³/mol. The van der Waals surface area contributed by atoms with Crippen LogP contribution in [0.15, 0.2) is 18.2 Å². The van der Waals surface area contributed by atoms with Gasteiger partial charge in [0.1, 0.15) is 17.1 Å². The van der Waals surface area contributed by atoms with Crippen LogP contribution in [-0.4, -0.2) is 17.4 Å². The van der Waals surface area contributed by atoms with Crippen LogP contribution >= 0.6 is 0 Å². The minimum absolute atomic E-state index is 0.358. The highest BCUT2D eigenvalue weighted by Gasteiger charge is 2.33. The molecular formula is C8H4F4O3. The summed E-state index contributed by atoms with van der Waals surface area (Å²) in [6, 6.07) is 1.78. The number of aromatic carboxylic acids is 1. The van der Waals surface area contributed by atoms with Crippen LogP contribution in [0.1, 0.15) is 10.4 Å². The molecule has 7 heteroatoms. The minimum atomic E-state index is -5.06. The molecule has 0 saturated heterocycles. The lowest BCUT2D eigenvalue weighted by atomic mass is 10.2. The zero-order valence-corrected chi connectivity index (χ0v) is 7.01. The van der Waals surface area contributed by atoms with E-state index in [9.17, 15) is 22.4 Å². The number of ether oxygens (including phenoxy) is 1. The fraction of sp³-hybridized carbons (Fsp3) is 0.125. The van der Waals surface area contributed by atoms with E-state index >= 15 is 0 Å². The summed E-state index contributed by atoms with van der Waals surface area (Å²) >= 11 is 0. The molecule has 0 aliphatic rings. The first-order chi connectivity index (χ1) is 6.79. The number of carbonyl (C=O) groups is 1. The Morgan fingerprint density at radius 2 is 1.93 bits per heavy atom. The summed E-state index contributed by atoms with van der Waals surface area (Å²) in [5, 5.41) is 8.48. The Labute approximate surface area is 80.9 Å². The van der Waals surface area contributed by atoms with Crippen LogP contribution in [0.3, 0.4) is 0 Å². The molecule has 1 N–H and O–H groups in total. The second-order valence-electron chi connectivity index (χ2n) is 2.49. The van der Waals surface area contributed by atoms with Crippen molar-refractivity contribution in [3.63, 3.8) is 0 Å². The van der Waals surface area contributed by atoms with Crippen molar-refractivity contribution in [2.45, 2.75) is 6.36 Å². The first-order valence-electron chi connectivity index (χ1n) is 3.58. The maximum Gasteiger partial charge on any atom is 0.573 e. The molecule has 0 bridgehead atoms. The molecular weight excluding hydrogens is 220 g/mol. The maximum absolute atomic E-state index is 12.5. The number of halogens is 4. The zero-order chi connectivity index (χ0) is 11.6. The van der Waals surface area contributed by atoms with E-state index in [1.54, 1.807) is 0 Å². The third-order valence-corrected chi connectivity index (χ3v) is 1.40. The molecule has 0 unspecified atom stereocenters. The molecule has 0 aliphatic heterocycles. The van der Waals surface area contributed by atoms with Crippen molar-refractivity contribution in [3.05, 3.63) is 29.6 Å². The Hall–Kier alpha value is -1.79. The van der Waals surface area contributed by atoms with Crippen LogP contribution in [0.5, 0.6) is 5.75 Å². The number of rotatable bonds is 2. The molecule has 0 heterocycles. The highest BCUT2D eigenvalue weighted by molar-refractivity contribution is 5.90. The third kappa shape index (κ3) is 3.12. The number of hydrogen-bond acceptors (Lipinski definition) is 2. The Bertz CT molecular complexity index is 386. The summed E-state index contributed by atoms with van der Waals surface area (Å²) in [5.41, 5.74) is -0.756. The van der Waals surface area contributed by atoms with E-state index in [-0.39, 0.29) is 0 Å². The van der Waals surface area contributed by atoms with E-state index in [0.717, 1.165) is 6.07 Å². The average molecular weight is 224 g/mol. The highest BCUT2D eigenvalue weighted by atomic mass is 19.4. The van der Waals surface area contributed by atoms with Crippen molar-refractivity contribution in [1.82, 2.24) is 0 Å². The van der Waals surface area contributed by atoms with Gasteiger partial charge in [-0.3, -0.25) is 0 Å². The van der Waals surface area contributed by atoms with E-state index in [4.69, 9.17) is 5.11 Å². The number of benzene rings is 1. The summed E-state index contributed by atoms with van der Waals surface area (Å²) in [4.78, 5) is 10.4. The Kier molecular flexibility index (Phi) is 2.83. The smallest absolute Gasteiger partial charge is 0.478 e. The Morgan fingerprint density at radius 1 is 1.33 bits per heavy atom. The van der Waals surface area contributed by atoms with E-state index in [2.05, 4.69) is 4.74 Å². The average Bonchev–Trinajstić information content (AvgIpc) is 1.99. The van der Waals surface area contributed by atoms with Gasteiger partial charge in [0.2, 0.25) is 0 Å². The fourth-order valence-electron chi connectivity index (χ4n) is 0.882. The molecule has 82 valence electrons. The normalized spacial score (nSPS) is 11.2. The van der Waals surface area contributed by atoms with Crippen LogP contribution < -0.4 is 4.74 Å². The van der Waals surface area contributed by atoms with Crippen LogP contribution in [0.4, 0.5) is 17.6 Å². The van der Waals surface area contributed by atoms with Gasteiger partial charge < -0.3 is 9.84 Å². The van der Waals surface area contributed by atoms with Crippen LogP contribution in [0.2, 0.25) is 0 Å². The molecule has 1 aromatic rings. The van der Waals surface area contributed by atoms with Crippen molar-refractivity contribution in [2.75, 3.05) is 0 Å². The zero-order valence-electron chi connectivity index (χ0n) is 7.01. The summed E-state index contributed by atoms with van der Waals surface area (Å²) in [5.74, 6) is -3.72. The van der Waals surface area contributed by atoms with Crippen LogP contribution in [-0.2, 0) is 0 Å². The molecule has 0 aromatic heterocycles. The van der Waals surface area contributed by atoms with Gasteiger partial charge in [-0.1, -0.05) is 0 Å².